The molecule has 0 saturated carbocycles. The highest BCUT2D eigenvalue weighted by atomic mass is 19.1. The van der Waals surface area contributed by atoms with Crippen molar-refractivity contribution in [3.8, 4) is 39.7 Å². The van der Waals surface area contributed by atoms with Crippen molar-refractivity contribution in [1.82, 2.24) is 24.6 Å². The second kappa shape index (κ2) is 6.87. The number of aromatic nitrogens is 5. The Morgan fingerprint density at radius 1 is 1.00 bits per heavy atom. The van der Waals surface area contributed by atoms with E-state index in [0.29, 0.717) is 5.88 Å². The Labute approximate surface area is 165 Å². The lowest BCUT2D eigenvalue weighted by atomic mass is 10.0. The molecule has 0 radical (unpaired) electrons. The number of aromatic amines is 1. The minimum absolute atomic E-state index is 0.277. The van der Waals surface area contributed by atoms with E-state index < -0.39 is 0 Å². The van der Waals surface area contributed by atoms with Crippen LogP contribution in [0.4, 0.5) is 4.39 Å². The highest BCUT2D eigenvalue weighted by molar-refractivity contribution is 5.80. The number of nitrogens with zero attached hydrogens (tertiary/aromatic N) is 4. The summed E-state index contributed by atoms with van der Waals surface area (Å²) >= 11 is 0. The summed E-state index contributed by atoms with van der Waals surface area (Å²) in [6, 6.07) is 15.8. The van der Waals surface area contributed by atoms with E-state index >= 15 is 0 Å². The molecule has 0 aliphatic heterocycles. The first-order valence-corrected chi connectivity index (χ1v) is 9.01. The standard InChI is InChI=1S/C22H16FN5O/c1-29-21-4-2-3-18(26-21)19-12-24-20-10-7-15(13-28(19)20)17-11-25-27-22(17)14-5-8-16(23)9-6-14/h2-13H,1H3,(H,25,27). The van der Waals surface area contributed by atoms with Crippen molar-refractivity contribution in [3.63, 3.8) is 0 Å². The predicted molar refractivity (Wildman–Crippen MR) is 108 cm³/mol. The van der Waals surface area contributed by atoms with E-state index in [2.05, 4.69) is 20.2 Å². The van der Waals surface area contributed by atoms with Gasteiger partial charge in [-0.2, -0.15) is 5.10 Å². The van der Waals surface area contributed by atoms with Crippen LogP contribution in [0.2, 0.25) is 0 Å². The molecule has 0 atom stereocenters. The highest BCUT2D eigenvalue weighted by Crippen LogP contribution is 2.31. The Morgan fingerprint density at radius 3 is 2.66 bits per heavy atom. The SMILES string of the molecule is COc1cccc(-c2cnc3ccc(-c4c[nH]nc4-c4ccc(F)cc4)cn23)n1. The number of nitrogens with one attached hydrogen (secondary N) is 1. The summed E-state index contributed by atoms with van der Waals surface area (Å²) in [7, 11) is 1.59. The number of hydrogen-bond acceptors (Lipinski definition) is 4. The average molecular weight is 385 g/mol. The molecule has 0 saturated heterocycles. The molecule has 142 valence electrons. The van der Waals surface area contributed by atoms with E-state index in [1.54, 1.807) is 31.5 Å². The molecule has 1 aromatic carbocycles. The molecular weight excluding hydrogens is 369 g/mol. The number of H-pyrrole nitrogens is 1. The van der Waals surface area contributed by atoms with Crippen LogP contribution in [-0.4, -0.2) is 31.7 Å². The first-order valence-electron chi connectivity index (χ1n) is 9.01. The molecule has 5 rings (SSSR count). The summed E-state index contributed by atoms with van der Waals surface area (Å²) in [5.74, 6) is 0.267. The Morgan fingerprint density at radius 2 is 1.83 bits per heavy atom. The van der Waals surface area contributed by atoms with Crippen molar-refractivity contribution in [3.05, 3.63) is 79.0 Å². The molecule has 0 aliphatic carbocycles. The van der Waals surface area contributed by atoms with Crippen LogP contribution in [0.15, 0.2) is 73.2 Å². The van der Waals surface area contributed by atoms with Crippen molar-refractivity contribution in [2.24, 2.45) is 0 Å². The van der Waals surface area contributed by atoms with Crippen molar-refractivity contribution in [1.29, 1.82) is 0 Å². The summed E-state index contributed by atoms with van der Waals surface area (Å²) in [6.45, 7) is 0. The molecule has 0 unspecified atom stereocenters. The Bertz CT molecular complexity index is 1310. The normalized spacial score (nSPS) is 11.1. The van der Waals surface area contributed by atoms with Gasteiger partial charge in [-0.25, -0.2) is 14.4 Å². The van der Waals surface area contributed by atoms with Gasteiger partial charge in [0.05, 0.1) is 30.4 Å². The van der Waals surface area contributed by atoms with E-state index in [1.165, 1.54) is 12.1 Å². The number of rotatable bonds is 4. The van der Waals surface area contributed by atoms with Crippen LogP contribution in [0.25, 0.3) is 39.4 Å². The number of halogens is 1. The minimum Gasteiger partial charge on any atom is -0.481 e. The van der Waals surface area contributed by atoms with Gasteiger partial charge in [0.1, 0.15) is 11.5 Å². The van der Waals surface area contributed by atoms with Crippen LogP contribution in [0.1, 0.15) is 0 Å². The van der Waals surface area contributed by atoms with E-state index in [0.717, 1.165) is 39.4 Å². The van der Waals surface area contributed by atoms with Crippen LogP contribution in [0.5, 0.6) is 5.88 Å². The van der Waals surface area contributed by atoms with Crippen LogP contribution >= 0.6 is 0 Å². The number of benzene rings is 1. The Kier molecular flexibility index (Phi) is 4.05. The summed E-state index contributed by atoms with van der Waals surface area (Å²) in [5, 5.41) is 7.28. The van der Waals surface area contributed by atoms with Gasteiger partial charge in [0, 0.05) is 35.2 Å². The van der Waals surface area contributed by atoms with Crippen molar-refractivity contribution < 1.29 is 9.13 Å². The van der Waals surface area contributed by atoms with Gasteiger partial charge in [0.15, 0.2) is 0 Å². The Hall–Kier alpha value is -4.00. The third kappa shape index (κ3) is 3.02. The lowest BCUT2D eigenvalue weighted by molar-refractivity contribution is 0.398. The number of hydrogen-bond donors (Lipinski definition) is 1. The first kappa shape index (κ1) is 17.1. The zero-order chi connectivity index (χ0) is 19.8. The van der Waals surface area contributed by atoms with E-state index in [4.69, 9.17) is 4.74 Å². The number of pyridine rings is 2. The van der Waals surface area contributed by atoms with Gasteiger partial charge in [0.25, 0.3) is 0 Å². The fourth-order valence-electron chi connectivity index (χ4n) is 3.34. The molecule has 4 aromatic heterocycles. The summed E-state index contributed by atoms with van der Waals surface area (Å²) in [4.78, 5) is 8.99. The van der Waals surface area contributed by atoms with Gasteiger partial charge in [-0.15, -0.1) is 0 Å². The molecular formula is C22H16FN5O. The molecule has 5 aromatic rings. The van der Waals surface area contributed by atoms with Crippen LogP contribution < -0.4 is 4.74 Å². The fourth-order valence-corrected chi connectivity index (χ4v) is 3.34. The maximum Gasteiger partial charge on any atom is 0.213 e. The lowest BCUT2D eigenvalue weighted by Crippen LogP contribution is -1.94. The zero-order valence-electron chi connectivity index (χ0n) is 15.5. The average Bonchev–Trinajstić information content (AvgIpc) is 3.41. The highest BCUT2D eigenvalue weighted by Gasteiger charge is 2.14. The summed E-state index contributed by atoms with van der Waals surface area (Å²) < 4.78 is 20.5. The molecule has 0 aliphatic rings. The van der Waals surface area contributed by atoms with Gasteiger partial charge in [-0.1, -0.05) is 6.07 Å². The smallest absolute Gasteiger partial charge is 0.213 e. The van der Waals surface area contributed by atoms with Crippen LogP contribution in [-0.2, 0) is 0 Å². The zero-order valence-corrected chi connectivity index (χ0v) is 15.5. The molecule has 29 heavy (non-hydrogen) atoms. The number of imidazole rings is 1. The van der Waals surface area contributed by atoms with Gasteiger partial charge in [-0.3, -0.25) is 9.50 Å². The third-order valence-electron chi connectivity index (χ3n) is 4.77. The molecule has 6 nitrogen and oxygen atoms in total. The monoisotopic (exact) mass is 385 g/mol. The first-order chi connectivity index (χ1) is 14.2. The van der Waals surface area contributed by atoms with Gasteiger partial charge in [-0.05, 0) is 42.5 Å². The van der Waals surface area contributed by atoms with Crippen LogP contribution in [0.3, 0.4) is 0 Å². The second-order valence-corrected chi connectivity index (χ2v) is 6.51. The minimum atomic E-state index is -0.277. The number of fused-ring (bicyclic) bond motifs is 1. The summed E-state index contributed by atoms with van der Waals surface area (Å²) in [5.41, 5.74) is 5.88. The van der Waals surface area contributed by atoms with Gasteiger partial charge < -0.3 is 4.74 Å². The molecule has 1 N–H and O–H groups in total. The second-order valence-electron chi connectivity index (χ2n) is 6.51. The van der Waals surface area contributed by atoms with Crippen molar-refractivity contribution in [2.75, 3.05) is 7.11 Å². The van der Waals surface area contributed by atoms with Gasteiger partial charge in [0.2, 0.25) is 5.88 Å². The molecule has 0 amide bonds. The maximum atomic E-state index is 13.3. The lowest BCUT2D eigenvalue weighted by Gasteiger charge is -2.07. The number of methoxy groups -OCH3 is 1. The van der Waals surface area contributed by atoms with Gasteiger partial charge >= 0.3 is 0 Å². The fraction of sp³-hybridized carbons (Fsp3) is 0.0455. The number of ether oxygens (including phenoxy) is 1. The quantitative estimate of drug-likeness (QED) is 0.491. The largest absolute Gasteiger partial charge is 0.481 e. The van der Waals surface area contributed by atoms with E-state index in [1.807, 2.05) is 41.1 Å². The van der Waals surface area contributed by atoms with E-state index in [9.17, 15) is 4.39 Å². The molecule has 7 heteroatoms. The predicted octanol–water partition coefficient (Wildman–Crippen LogP) is 4.60. The topological polar surface area (TPSA) is 68.1 Å². The summed E-state index contributed by atoms with van der Waals surface area (Å²) in [6.07, 6.45) is 5.62. The van der Waals surface area contributed by atoms with E-state index in [-0.39, 0.29) is 5.82 Å². The molecule has 0 fully saturated rings. The van der Waals surface area contributed by atoms with Crippen molar-refractivity contribution in [2.45, 2.75) is 0 Å². The molecule has 0 spiro atoms. The maximum absolute atomic E-state index is 13.3. The van der Waals surface area contributed by atoms with Crippen molar-refractivity contribution >= 4 is 5.65 Å². The Balaban J connectivity index is 1.63. The molecule has 0 bridgehead atoms. The third-order valence-corrected chi connectivity index (χ3v) is 4.77. The molecule has 4 heterocycles. The van der Waals surface area contributed by atoms with Crippen LogP contribution in [0, 0.1) is 5.82 Å².